The summed E-state index contributed by atoms with van der Waals surface area (Å²) >= 11 is 0. The van der Waals surface area contributed by atoms with E-state index in [0.717, 1.165) is 12.1 Å². The number of para-hydroxylation sites is 1. The average Bonchev–Trinajstić information content (AvgIpc) is 2.48. The van der Waals surface area contributed by atoms with Crippen LogP contribution in [0.4, 0.5) is 8.78 Å². The molecule has 0 aliphatic heterocycles. The zero-order valence-electron chi connectivity index (χ0n) is 11.0. The minimum atomic E-state index is -0.913. The van der Waals surface area contributed by atoms with Crippen molar-refractivity contribution in [1.29, 1.82) is 0 Å². The Balaban J connectivity index is 2.14. The number of ketones is 1. The minimum Gasteiger partial charge on any atom is -0.488 e. The topological polar surface area (TPSA) is 26.3 Å². The van der Waals surface area contributed by atoms with Crippen LogP contribution >= 0.6 is 0 Å². The van der Waals surface area contributed by atoms with Gasteiger partial charge in [-0.3, -0.25) is 4.79 Å². The number of carbonyl (C=O) groups excluding carboxylic acids is 1. The highest BCUT2D eigenvalue weighted by Gasteiger charge is 2.10. The Bertz CT molecular complexity index is 624. The fourth-order valence-corrected chi connectivity index (χ4v) is 1.80. The number of hydrogen-bond donors (Lipinski definition) is 0. The van der Waals surface area contributed by atoms with Gasteiger partial charge in [-0.05, 0) is 29.8 Å². The second kappa shape index (κ2) is 6.28. The summed E-state index contributed by atoms with van der Waals surface area (Å²) in [6.07, 6.45) is 0.381. The normalized spacial score (nSPS) is 10.3. The maximum absolute atomic E-state index is 13.1. The summed E-state index contributed by atoms with van der Waals surface area (Å²) in [4.78, 5) is 11.8. The number of hydrogen-bond acceptors (Lipinski definition) is 2. The van der Waals surface area contributed by atoms with Crippen molar-refractivity contribution in [2.45, 2.75) is 20.0 Å². The van der Waals surface area contributed by atoms with Gasteiger partial charge in [0.1, 0.15) is 12.4 Å². The Labute approximate surface area is 116 Å². The number of Topliss-reactive ketones (excluding diaryl/α,β-unsaturated/α-hetero) is 1. The highest BCUT2D eigenvalue weighted by Crippen LogP contribution is 2.21. The monoisotopic (exact) mass is 276 g/mol. The van der Waals surface area contributed by atoms with Crippen molar-refractivity contribution in [2.24, 2.45) is 0 Å². The summed E-state index contributed by atoms with van der Waals surface area (Å²) in [5.41, 5.74) is 1.00. The summed E-state index contributed by atoms with van der Waals surface area (Å²) in [7, 11) is 0. The van der Waals surface area contributed by atoms with Gasteiger partial charge in [-0.1, -0.05) is 25.1 Å². The van der Waals surface area contributed by atoms with Gasteiger partial charge in [0, 0.05) is 6.42 Å². The van der Waals surface area contributed by atoms with E-state index in [0.29, 0.717) is 23.3 Å². The lowest BCUT2D eigenvalue weighted by molar-refractivity contribution is 0.0983. The zero-order chi connectivity index (χ0) is 14.5. The molecular formula is C16H14F2O2. The van der Waals surface area contributed by atoms with Crippen LogP contribution in [-0.4, -0.2) is 5.78 Å². The van der Waals surface area contributed by atoms with Crippen molar-refractivity contribution in [1.82, 2.24) is 0 Å². The third kappa shape index (κ3) is 3.20. The average molecular weight is 276 g/mol. The molecule has 0 N–H and O–H groups in total. The molecular weight excluding hydrogens is 262 g/mol. The smallest absolute Gasteiger partial charge is 0.166 e. The van der Waals surface area contributed by atoms with Crippen LogP contribution in [0.2, 0.25) is 0 Å². The Kier molecular flexibility index (Phi) is 4.45. The summed E-state index contributed by atoms with van der Waals surface area (Å²) < 4.78 is 31.4. The first-order chi connectivity index (χ1) is 9.61. The molecule has 0 radical (unpaired) electrons. The van der Waals surface area contributed by atoms with E-state index in [1.807, 2.05) is 0 Å². The molecule has 2 aromatic carbocycles. The van der Waals surface area contributed by atoms with Gasteiger partial charge in [-0.25, -0.2) is 8.78 Å². The predicted octanol–water partition coefficient (Wildman–Crippen LogP) is 4.14. The minimum absolute atomic E-state index is 0.0223. The third-order valence-corrected chi connectivity index (χ3v) is 2.89. The van der Waals surface area contributed by atoms with Crippen LogP contribution in [0.3, 0.4) is 0 Å². The van der Waals surface area contributed by atoms with Crippen molar-refractivity contribution < 1.29 is 18.3 Å². The molecule has 0 bridgehead atoms. The highest BCUT2D eigenvalue weighted by molar-refractivity contribution is 5.98. The summed E-state index contributed by atoms with van der Waals surface area (Å²) in [5.74, 6) is -1.38. The molecule has 0 spiro atoms. The fraction of sp³-hybridized carbons (Fsp3) is 0.188. The van der Waals surface area contributed by atoms with Crippen LogP contribution < -0.4 is 4.74 Å². The van der Waals surface area contributed by atoms with Crippen molar-refractivity contribution in [3.63, 3.8) is 0 Å². The number of ether oxygens (including phenoxy) is 1. The molecule has 0 unspecified atom stereocenters. The van der Waals surface area contributed by atoms with Gasteiger partial charge in [-0.15, -0.1) is 0 Å². The first-order valence-electron chi connectivity index (χ1n) is 6.30. The van der Waals surface area contributed by atoms with E-state index >= 15 is 0 Å². The van der Waals surface area contributed by atoms with Crippen LogP contribution in [0.1, 0.15) is 29.3 Å². The standard InChI is InChI=1S/C16H14F2O2/c1-2-15(19)12-5-3-4-6-16(12)20-10-11-7-8-13(17)14(18)9-11/h3-9H,2,10H2,1H3. The van der Waals surface area contributed by atoms with Crippen LogP contribution in [0.25, 0.3) is 0 Å². The van der Waals surface area contributed by atoms with E-state index in [4.69, 9.17) is 4.74 Å². The van der Waals surface area contributed by atoms with E-state index in [9.17, 15) is 13.6 Å². The Morgan fingerprint density at radius 2 is 1.85 bits per heavy atom. The number of rotatable bonds is 5. The van der Waals surface area contributed by atoms with Gasteiger partial charge < -0.3 is 4.74 Å². The van der Waals surface area contributed by atoms with E-state index in [1.165, 1.54) is 6.07 Å². The second-order valence-corrected chi connectivity index (χ2v) is 4.31. The molecule has 0 saturated heterocycles. The van der Waals surface area contributed by atoms with Crippen LogP contribution in [0.15, 0.2) is 42.5 Å². The summed E-state index contributed by atoms with van der Waals surface area (Å²) in [5, 5.41) is 0. The fourth-order valence-electron chi connectivity index (χ4n) is 1.80. The molecule has 0 heterocycles. The molecule has 0 fully saturated rings. The van der Waals surface area contributed by atoms with Crippen LogP contribution in [0.5, 0.6) is 5.75 Å². The van der Waals surface area contributed by atoms with Crippen molar-refractivity contribution in [3.05, 3.63) is 65.2 Å². The van der Waals surface area contributed by atoms with Gasteiger partial charge in [0.15, 0.2) is 17.4 Å². The highest BCUT2D eigenvalue weighted by atomic mass is 19.2. The molecule has 2 nitrogen and oxygen atoms in total. The Hall–Kier alpha value is -2.23. The van der Waals surface area contributed by atoms with Gasteiger partial charge in [-0.2, -0.15) is 0 Å². The molecule has 0 aliphatic rings. The Morgan fingerprint density at radius 1 is 1.10 bits per heavy atom. The molecule has 0 aromatic heterocycles. The Morgan fingerprint density at radius 3 is 2.55 bits per heavy atom. The lowest BCUT2D eigenvalue weighted by Crippen LogP contribution is -2.03. The van der Waals surface area contributed by atoms with Gasteiger partial charge in [0.25, 0.3) is 0 Å². The van der Waals surface area contributed by atoms with Crippen LogP contribution in [0, 0.1) is 11.6 Å². The quantitative estimate of drug-likeness (QED) is 0.767. The lowest BCUT2D eigenvalue weighted by atomic mass is 10.1. The van der Waals surface area contributed by atoms with E-state index in [-0.39, 0.29) is 12.4 Å². The maximum atomic E-state index is 13.1. The molecule has 2 rings (SSSR count). The molecule has 20 heavy (non-hydrogen) atoms. The lowest BCUT2D eigenvalue weighted by Gasteiger charge is -2.10. The van der Waals surface area contributed by atoms with Gasteiger partial charge in [0.2, 0.25) is 0 Å². The van der Waals surface area contributed by atoms with Gasteiger partial charge >= 0.3 is 0 Å². The van der Waals surface area contributed by atoms with Crippen molar-refractivity contribution in [3.8, 4) is 5.75 Å². The zero-order valence-corrected chi connectivity index (χ0v) is 11.0. The SMILES string of the molecule is CCC(=O)c1ccccc1OCc1ccc(F)c(F)c1. The number of benzene rings is 2. The molecule has 4 heteroatoms. The van der Waals surface area contributed by atoms with Crippen LogP contribution in [-0.2, 0) is 6.61 Å². The number of halogens is 2. The second-order valence-electron chi connectivity index (χ2n) is 4.31. The van der Waals surface area contributed by atoms with Crippen molar-refractivity contribution >= 4 is 5.78 Å². The first-order valence-corrected chi connectivity index (χ1v) is 6.30. The molecule has 0 aliphatic carbocycles. The molecule has 0 saturated carbocycles. The number of carbonyl (C=O) groups is 1. The largest absolute Gasteiger partial charge is 0.488 e. The maximum Gasteiger partial charge on any atom is 0.166 e. The summed E-state index contributed by atoms with van der Waals surface area (Å²) in [6, 6.07) is 10.5. The molecule has 0 amide bonds. The predicted molar refractivity (Wildman–Crippen MR) is 71.8 cm³/mol. The third-order valence-electron chi connectivity index (χ3n) is 2.89. The van der Waals surface area contributed by atoms with E-state index in [1.54, 1.807) is 31.2 Å². The summed E-state index contributed by atoms with van der Waals surface area (Å²) in [6.45, 7) is 1.85. The van der Waals surface area contributed by atoms with Crippen molar-refractivity contribution in [2.75, 3.05) is 0 Å². The molecule has 0 atom stereocenters. The first kappa shape index (κ1) is 14.2. The van der Waals surface area contributed by atoms with Gasteiger partial charge in [0.05, 0.1) is 5.56 Å². The van der Waals surface area contributed by atoms with E-state index in [2.05, 4.69) is 0 Å². The molecule has 2 aromatic rings. The molecule has 104 valence electrons. The van der Waals surface area contributed by atoms with E-state index < -0.39 is 11.6 Å².